The second-order valence-electron chi connectivity index (χ2n) is 5.37. The van der Waals surface area contributed by atoms with Gasteiger partial charge in [-0.25, -0.2) is 0 Å². The lowest BCUT2D eigenvalue weighted by atomic mass is 9.63. The van der Waals surface area contributed by atoms with Gasteiger partial charge < -0.3 is 5.32 Å². The van der Waals surface area contributed by atoms with Crippen LogP contribution in [0.4, 0.5) is 0 Å². The first-order valence-electron chi connectivity index (χ1n) is 6.60. The summed E-state index contributed by atoms with van der Waals surface area (Å²) in [7, 11) is 0. The average molecular weight is 219 g/mol. The SMILES string of the molecule is CCn1cc([C@H]2NCC23CCCCC3)cn1. The molecule has 2 fully saturated rings. The van der Waals surface area contributed by atoms with Crippen LogP contribution in [0.5, 0.6) is 0 Å². The first-order valence-corrected chi connectivity index (χ1v) is 6.60. The number of hydrogen-bond donors (Lipinski definition) is 1. The molecule has 0 amide bonds. The quantitative estimate of drug-likeness (QED) is 0.828. The number of nitrogens with one attached hydrogen (secondary N) is 1. The minimum atomic E-state index is 0.569. The minimum Gasteiger partial charge on any atom is -0.309 e. The van der Waals surface area contributed by atoms with E-state index in [1.807, 2.05) is 4.68 Å². The Morgan fingerprint density at radius 1 is 1.44 bits per heavy atom. The molecule has 88 valence electrons. The fourth-order valence-corrected chi connectivity index (χ4v) is 3.39. The van der Waals surface area contributed by atoms with Gasteiger partial charge in [0.2, 0.25) is 0 Å². The van der Waals surface area contributed by atoms with Crippen molar-refractivity contribution in [1.29, 1.82) is 0 Å². The monoisotopic (exact) mass is 219 g/mol. The Morgan fingerprint density at radius 3 is 2.81 bits per heavy atom. The van der Waals surface area contributed by atoms with Gasteiger partial charge in [-0.3, -0.25) is 4.68 Å². The van der Waals surface area contributed by atoms with Crippen LogP contribution < -0.4 is 5.32 Å². The maximum Gasteiger partial charge on any atom is 0.0537 e. The summed E-state index contributed by atoms with van der Waals surface area (Å²) in [4.78, 5) is 0. The van der Waals surface area contributed by atoms with Crippen molar-refractivity contribution in [3.63, 3.8) is 0 Å². The van der Waals surface area contributed by atoms with Gasteiger partial charge in [0.05, 0.1) is 6.20 Å². The van der Waals surface area contributed by atoms with Gasteiger partial charge in [0, 0.05) is 36.3 Å². The summed E-state index contributed by atoms with van der Waals surface area (Å²) in [5.74, 6) is 0. The molecule has 1 saturated carbocycles. The van der Waals surface area contributed by atoms with Crippen LogP contribution in [0.2, 0.25) is 0 Å². The van der Waals surface area contributed by atoms with E-state index in [0.29, 0.717) is 11.5 Å². The molecule has 1 atom stereocenters. The lowest BCUT2D eigenvalue weighted by Gasteiger charge is -2.52. The predicted octanol–water partition coefficient (Wildman–Crippen LogP) is 2.50. The van der Waals surface area contributed by atoms with Crippen molar-refractivity contribution < 1.29 is 0 Å². The van der Waals surface area contributed by atoms with Gasteiger partial charge in [-0.15, -0.1) is 0 Å². The molecule has 2 aliphatic rings. The zero-order valence-electron chi connectivity index (χ0n) is 10.1. The van der Waals surface area contributed by atoms with Crippen LogP contribution in [0, 0.1) is 5.41 Å². The summed E-state index contributed by atoms with van der Waals surface area (Å²) in [6.45, 7) is 4.33. The van der Waals surface area contributed by atoms with E-state index >= 15 is 0 Å². The molecule has 0 unspecified atom stereocenters. The number of rotatable bonds is 2. The van der Waals surface area contributed by atoms with Gasteiger partial charge in [0.1, 0.15) is 0 Å². The lowest BCUT2D eigenvalue weighted by molar-refractivity contribution is 0.0360. The first-order chi connectivity index (χ1) is 7.84. The maximum atomic E-state index is 4.39. The van der Waals surface area contributed by atoms with Crippen LogP contribution in [-0.2, 0) is 6.54 Å². The van der Waals surface area contributed by atoms with E-state index in [-0.39, 0.29) is 0 Å². The minimum absolute atomic E-state index is 0.569. The third-order valence-electron chi connectivity index (χ3n) is 4.43. The largest absolute Gasteiger partial charge is 0.309 e. The van der Waals surface area contributed by atoms with E-state index in [1.54, 1.807) is 0 Å². The summed E-state index contributed by atoms with van der Waals surface area (Å²) >= 11 is 0. The molecular weight excluding hydrogens is 198 g/mol. The summed E-state index contributed by atoms with van der Waals surface area (Å²) < 4.78 is 2.03. The van der Waals surface area contributed by atoms with Crippen LogP contribution in [-0.4, -0.2) is 16.3 Å². The van der Waals surface area contributed by atoms with Crippen molar-refractivity contribution >= 4 is 0 Å². The smallest absolute Gasteiger partial charge is 0.0537 e. The van der Waals surface area contributed by atoms with Crippen molar-refractivity contribution in [2.45, 2.75) is 51.6 Å². The van der Waals surface area contributed by atoms with Crippen molar-refractivity contribution in [3.05, 3.63) is 18.0 Å². The fourth-order valence-electron chi connectivity index (χ4n) is 3.39. The molecule has 16 heavy (non-hydrogen) atoms. The van der Waals surface area contributed by atoms with Crippen molar-refractivity contribution in [2.75, 3.05) is 6.54 Å². The van der Waals surface area contributed by atoms with Gasteiger partial charge in [-0.1, -0.05) is 19.3 Å². The summed E-state index contributed by atoms with van der Waals surface area (Å²) in [6, 6.07) is 0.577. The predicted molar refractivity (Wildman–Crippen MR) is 64.2 cm³/mol. The Morgan fingerprint density at radius 2 is 2.25 bits per heavy atom. The lowest BCUT2D eigenvalue weighted by Crippen LogP contribution is -2.56. The van der Waals surface area contributed by atoms with E-state index in [1.165, 1.54) is 44.2 Å². The average Bonchev–Trinajstić information content (AvgIpc) is 2.77. The molecule has 1 aliphatic heterocycles. The highest BCUT2D eigenvalue weighted by molar-refractivity contribution is 5.20. The van der Waals surface area contributed by atoms with Gasteiger partial charge in [0.15, 0.2) is 0 Å². The second kappa shape index (κ2) is 3.88. The van der Waals surface area contributed by atoms with Crippen LogP contribution in [0.1, 0.15) is 50.6 Å². The molecule has 1 N–H and O–H groups in total. The second-order valence-corrected chi connectivity index (χ2v) is 5.37. The molecule has 0 aromatic carbocycles. The molecular formula is C13H21N3. The van der Waals surface area contributed by atoms with Crippen molar-refractivity contribution in [3.8, 4) is 0 Å². The van der Waals surface area contributed by atoms with Crippen LogP contribution in [0.15, 0.2) is 12.4 Å². The van der Waals surface area contributed by atoms with E-state index in [2.05, 4.69) is 29.7 Å². The highest BCUT2D eigenvalue weighted by atomic mass is 15.3. The summed E-state index contributed by atoms with van der Waals surface area (Å²) in [5.41, 5.74) is 1.97. The summed E-state index contributed by atoms with van der Waals surface area (Å²) in [6.07, 6.45) is 11.3. The molecule has 1 saturated heterocycles. The molecule has 2 heterocycles. The Bertz CT molecular complexity index is 363. The molecule has 3 rings (SSSR count). The van der Waals surface area contributed by atoms with Gasteiger partial charge >= 0.3 is 0 Å². The van der Waals surface area contributed by atoms with Crippen molar-refractivity contribution in [2.24, 2.45) is 5.41 Å². The standard InChI is InChI=1S/C13H21N3/c1-2-16-9-11(8-15-16)12-13(10-14-12)6-4-3-5-7-13/h8-9,12,14H,2-7,10H2,1H3/t12-/m1/s1. The highest BCUT2D eigenvalue weighted by Gasteiger charge is 2.47. The topological polar surface area (TPSA) is 29.9 Å². The number of nitrogens with zero attached hydrogens (tertiary/aromatic N) is 2. The molecule has 1 aromatic rings. The molecule has 1 aliphatic carbocycles. The van der Waals surface area contributed by atoms with E-state index in [4.69, 9.17) is 0 Å². The molecule has 3 heteroatoms. The Labute approximate surface area is 97.2 Å². The van der Waals surface area contributed by atoms with E-state index in [0.717, 1.165) is 6.54 Å². The van der Waals surface area contributed by atoms with Crippen LogP contribution in [0.25, 0.3) is 0 Å². The normalized spacial score (nSPS) is 27.9. The number of aromatic nitrogens is 2. The highest BCUT2D eigenvalue weighted by Crippen LogP contribution is 2.50. The van der Waals surface area contributed by atoms with E-state index < -0.39 is 0 Å². The number of hydrogen-bond acceptors (Lipinski definition) is 2. The molecule has 0 bridgehead atoms. The number of aryl methyl sites for hydroxylation is 1. The molecule has 1 spiro atoms. The third-order valence-corrected chi connectivity index (χ3v) is 4.43. The van der Waals surface area contributed by atoms with E-state index in [9.17, 15) is 0 Å². The van der Waals surface area contributed by atoms with Crippen molar-refractivity contribution in [1.82, 2.24) is 15.1 Å². The summed E-state index contributed by atoms with van der Waals surface area (Å²) in [5, 5.41) is 8.00. The van der Waals surface area contributed by atoms with Gasteiger partial charge in [-0.2, -0.15) is 5.10 Å². The Kier molecular flexibility index (Phi) is 2.51. The fraction of sp³-hybridized carbons (Fsp3) is 0.769. The van der Waals surface area contributed by atoms with Gasteiger partial charge in [0.25, 0.3) is 0 Å². The zero-order valence-corrected chi connectivity index (χ0v) is 10.1. The third kappa shape index (κ3) is 1.49. The maximum absolute atomic E-state index is 4.39. The van der Waals surface area contributed by atoms with Crippen LogP contribution >= 0.6 is 0 Å². The Balaban J connectivity index is 1.79. The Hall–Kier alpha value is -0.830. The molecule has 3 nitrogen and oxygen atoms in total. The zero-order chi connectivity index (χ0) is 11.0. The van der Waals surface area contributed by atoms with Crippen LogP contribution in [0.3, 0.4) is 0 Å². The molecule has 1 aromatic heterocycles. The van der Waals surface area contributed by atoms with Gasteiger partial charge in [-0.05, 0) is 19.8 Å². The first kappa shape index (κ1) is 10.3. The molecule has 0 radical (unpaired) electrons.